The third-order valence-electron chi connectivity index (χ3n) is 3.09. The number of hydrogen-bond donors (Lipinski definition) is 0. The third-order valence-corrected chi connectivity index (χ3v) is 3.45. The molecule has 1 fully saturated rings. The molecule has 0 amide bonds. The van der Waals surface area contributed by atoms with Gasteiger partial charge in [0.1, 0.15) is 17.1 Å². The van der Waals surface area contributed by atoms with Crippen molar-refractivity contribution in [3.63, 3.8) is 0 Å². The molecule has 0 N–H and O–H groups in total. The van der Waals surface area contributed by atoms with Gasteiger partial charge in [-0.15, -0.1) is 0 Å². The summed E-state index contributed by atoms with van der Waals surface area (Å²) in [6, 6.07) is 0. The van der Waals surface area contributed by atoms with Gasteiger partial charge in [0.05, 0.1) is 12.2 Å². The van der Waals surface area contributed by atoms with E-state index in [0.717, 1.165) is 18.4 Å². The van der Waals surface area contributed by atoms with E-state index in [0.29, 0.717) is 16.9 Å². The van der Waals surface area contributed by atoms with Crippen LogP contribution in [0.25, 0.3) is 0 Å². The molecule has 0 bridgehead atoms. The van der Waals surface area contributed by atoms with E-state index >= 15 is 0 Å². The Labute approximate surface area is 113 Å². The summed E-state index contributed by atoms with van der Waals surface area (Å²) in [6.45, 7) is 7.82. The van der Waals surface area contributed by atoms with Crippen molar-refractivity contribution in [2.45, 2.75) is 58.8 Å². The Hall–Kier alpha value is -0.870. The first-order valence-corrected chi connectivity index (χ1v) is 6.66. The van der Waals surface area contributed by atoms with Crippen LogP contribution in [0, 0.1) is 13.8 Å². The predicted octanol–water partition coefficient (Wildman–Crippen LogP) is 3.08. The van der Waals surface area contributed by atoms with Gasteiger partial charge in [0.15, 0.2) is 0 Å². The zero-order valence-electron chi connectivity index (χ0n) is 11.2. The molecule has 100 valence electrons. The summed E-state index contributed by atoms with van der Waals surface area (Å²) in [5.74, 6) is 1.23. The van der Waals surface area contributed by atoms with Gasteiger partial charge in [0, 0.05) is 18.4 Å². The van der Waals surface area contributed by atoms with E-state index in [1.54, 1.807) is 0 Å². The Kier molecular flexibility index (Phi) is 4.07. The van der Waals surface area contributed by atoms with Crippen molar-refractivity contribution in [1.29, 1.82) is 0 Å². The van der Waals surface area contributed by atoms with Crippen LogP contribution < -0.4 is 4.74 Å². The highest BCUT2D eigenvalue weighted by Crippen LogP contribution is 2.27. The Bertz CT molecular complexity index is 429. The van der Waals surface area contributed by atoms with Gasteiger partial charge >= 0.3 is 0 Å². The predicted molar refractivity (Wildman–Crippen MR) is 70.2 cm³/mol. The van der Waals surface area contributed by atoms with E-state index in [4.69, 9.17) is 21.1 Å². The first-order chi connectivity index (χ1) is 8.45. The number of aromatic nitrogens is 2. The van der Waals surface area contributed by atoms with Crippen molar-refractivity contribution in [3.05, 3.63) is 16.5 Å². The van der Waals surface area contributed by atoms with Gasteiger partial charge < -0.3 is 9.47 Å². The summed E-state index contributed by atoms with van der Waals surface area (Å²) in [4.78, 5) is 8.43. The number of ether oxygens (including phenoxy) is 2. The number of nitrogens with zero attached hydrogens (tertiary/aromatic N) is 2. The molecule has 5 heteroatoms. The lowest BCUT2D eigenvalue weighted by Gasteiger charge is -2.32. The Balaban J connectivity index is 2.14. The quantitative estimate of drug-likeness (QED) is 0.775. The standard InChI is InChI=1S/C13H19ClN2O2/c1-7-5-11(6-8(2)17-7)18-13-9(3)12(14)15-10(4)16-13/h7-8,11H,5-6H2,1-4H3. The maximum atomic E-state index is 6.04. The van der Waals surface area contributed by atoms with Gasteiger partial charge in [-0.1, -0.05) is 11.6 Å². The average Bonchev–Trinajstić information content (AvgIpc) is 2.23. The van der Waals surface area contributed by atoms with E-state index in [9.17, 15) is 0 Å². The van der Waals surface area contributed by atoms with Gasteiger partial charge in [-0.25, -0.2) is 4.98 Å². The summed E-state index contributed by atoms with van der Waals surface area (Å²) in [5, 5.41) is 0.464. The molecule has 1 aliphatic heterocycles. The first-order valence-electron chi connectivity index (χ1n) is 6.28. The van der Waals surface area contributed by atoms with Crippen LogP contribution in [0.2, 0.25) is 5.15 Å². The molecule has 2 unspecified atom stereocenters. The van der Waals surface area contributed by atoms with Crippen LogP contribution >= 0.6 is 11.6 Å². The Morgan fingerprint density at radius 3 is 2.39 bits per heavy atom. The second kappa shape index (κ2) is 5.41. The molecule has 18 heavy (non-hydrogen) atoms. The fourth-order valence-electron chi connectivity index (χ4n) is 2.28. The molecule has 0 radical (unpaired) electrons. The number of halogens is 1. The topological polar surface area (TPSA) is 44.2 Å². The van der Waals surface area contributed by atoms with Crippen molar-refractivity contribution in [2.75, 3.05) is 0 Å². The van der Waals surface area contributed by atoms with E-state index in [1.807, 2.05) is 13.8 Å². The lowest BCUT2D eigenvalue weighted by atomic mass is 10.0. The van der Waals surface area contributed by atoms with Crippen LogP contribution in [0.15, 0.2) is 0 Å². The van der Waals surface area contributed by atoms with Crippen molar-refractivity contribution in [1.82, 2.24) is 9.97 Å². The second-order valence-electron chi connectivity index (χ2n) is 4.96. The fraction of sp³-hybridized carbons (Fsp3) is 0.692. The summed E-state index contributed by atoms with van der Waals surface area (Å²) in [5.41, 5.74) is 0.800. The molecule has 1 aliphatic rings. The molecular formula is C13H19ClN2O2. The smallest absolute Gasteiger partial charge is 0.221 e. The summed E-state index contributed by atoms with van der Waals surface area (Å²) >= 11 is 6.04. The highest BCUT2D eigenvalue weighted by atomic mass is 35.5. The molecule has 2 atom stereocenters. The molecule has 1 saturated heterocycles. The van der Waals surface area contributed by atoms with Crippen molar-refractivity contribution in [3.8, 4) is 5.88 Å². The van der Waals surface area contributed by atoms with E-state index < -0.39 is 0 Å². The maximum Gasteiger partial charge on any atom is 0.221 e. The Morgan fingerprint density at radius 1 is 1.17 bits per heavy atom. The number of aryl methyl sites for hydroxylation is 1. The molecule has 4 nitrogen and oxygen atoms in total. The lowest BCUT2D eigenvalue weighted by molar-refractivity contribution is -0.0731. The van der Waals surface area contributed by atoms with Crippen molar-refractivity contribution >= 4 is 11.6 Å². The van der Waals surface area contributed by atoms with Crippen LogP contribution in [-0.2, 0) is 4.74 Å². The minimum atomic E-state index is 0.132. The monoisotopic (exact) mass is 270 g/mol. The van der Waals surface area contributed by atoms with Crippen LogP contribution in [0.3, 0.4) is 0 Å². The zero-order chi connectivity index (χ0) is 13.3. The van der Waals surface area contributed by atoms with E-state index in [2.05, 4.69) is 23.8 Å². The molecule has 1 aromatic rings. The van der Waals surface area contributed by atoms with Crippen molar-refractivity contribution in [2.24, 2.45) is 0 Å². The molecule has 2 heterocycles. The van der Waals surface area contributed by atoms with Crippen LogP contribution in [0.1, 0.15) is 38.1 Å². The molecular weight excluding hydrogens is 252 g/mol. The largest absolute Gasteiger partial charge is 0.474 e. The van der Waals surface area contributed by atoms with E-state index in [-0.39, 0.29) is 18.3 Å². The summed E-state index contributed by atoms with van der Waals surface area (Å²) in [6.07, 6.45) is 2.33. The third kappa shape index (κ3) is 3.12. The van der Waals surface area contributed by atoms with Crippen LogP contribution in [0.5, 0.6) is 5.88 Å². The fourth-order valence-corrected chi connectivity index (χ4v) is 2.49. The van der Waals surface area contributed by atoms with E-state index in [1.165, 1.54) is 0 Å². The SMILES string of the molecule is Cc1nc(Cl)c(C)c(OC2CC(C)OC(C)C2)n1. The molecule has 0 aliphatic carbocycles. The Morgan fingerprint density at radius 2 is 1.78 bits per heavy atom. The normalized spacial score (nSPS) is 28.2. The molecule has 1 aromatic heterocycles. The van der Waals surface area contributed by atoms with Crippen LogP contribution in [0.4, 0.5) is 0 Å². The van der Waals surface area contributed by atoms with Crippen LogP contribution in [-0.4, -0.2) is 28.3 Å². The second-order valence-corrected chi connectivity index (χ2v) is 5.32. The summed E-state index contributed by atoms with van der Waals surface area (Å²) < 4.78 is 11.7. The number of rotatable bonds is 2. The minimum absolute atomic E-state index is 0.132. The summed E-state index contributed by atoms with van der Waals surface area (Å²) in [7, 11) is 0. The van der Waals surface area contributed by atoms with Gasteiger partial charge in [0.2, 0.25) is 5.88 Å². The molecule has 0 aromatic carbocycles. The lowest BCUT2D eigenvalue weighted by Crippen LogP contribution is -2.36. The highest BCUT2D eigenvalue weighted by Gasteiger charge is 2.26. The zero-order valence-corrected chi connectivity index (χ0v) is 12.0. The molecule has 0 spiro atoms. The van der Waals surface area contributed by atoms with Gasteiger partial charge in [-0.3, -0.25) is 0 Å². The van der Waals surface area contributed by atoms with Gasteiger partial charge in [-0.05, 0) is 27.7 Å². The first kappa shape index (κ1) is 13.6. The minimum Gasteiger partial charge on any atom is -0.474 e. The van der Waals surface area contributed by atoms with Gasteiger partial charge in [-0.2, -0.15) is 4.98 Å². The van der Waals surface area contributed by atoms with Gasteiger partial charge in [0.25, 0.3) is 0 Å². The maximum absolute atomic E-state index is 6.04. The molecule has 0 saturated carbocycles. The average molecular weight is 271 g/mol. The van der Waals surface area contributed by atoms with Crippen molar-refractivity contribution < 1.29 is 9.47 Å². The number of hydrogen-bond acceptors (Lipinski definition) is 4. The highest BCUT2D eigenvalue weighted by molar-refractivity contribution is 6.30. The molecule has 2 rings (SSSR count).